The van der Waals surface area contributed by atoms with E-state index in [1.807, 2.05) is 6.92 Å². The first-order valence-electron chi connectivity index (χ1n) is 4.83. The van der Waals surface area contributed by atoms with E-state index in [-0.39, 0.29) is 23.4 Å². The molecule has 0 N–H and O–H groups in total. The molecule has 1 aromatic heterocycles. The molecule has 0 aliphatic heterocycles. The highest BCUT2D eigenvalue weighted by atomic mass is 35.5. The number of carbonyl (C=O) groups is 1. The molecule has 0 bridgehead atoms. The summed E-state index contributed by atoms with van der Waals surface area (Å²) < 4.78 is 14.8. The number of ketones is 1. The SMILES string of the molecule is CCOSOCC(=O)c1ccc(Cl)nc1OC. The van der Waals surface area contributed by atoms with Gasteiger partial charge in [-0.2, -0.15) is 0 Å². The van der Waals surface area contributed by atoms with Gasteiger partial charge in [-0.25, -0.2) is 4.98 Å². The lowest BCUT2D eigenvalue weighted by Gasteiger charge is -2.06. The van der Waals surface area contributed by atoms with Crippen molar-refractivity contribution in [3.8, 4) is 5.88 Å². The quantitative estimate of drug-likeness (QED) is 0.330. The summed E-state index contributed by atoms with van der Waals surface area (Å²) in [6, 6.07) is 3.07. The first kappa shape index (κ1) is 14.2. The van der Waals surface area contributed by atoms with Crippen LogP contribution in [-0.2, 0) is 8.37 Å². The Labute approximate surface area is 109 Å². The maximum absolute atomic E-state index is 11.7. The van der Waals surface area contributed by atoms with E-state index in [2.05, 4.69) is 4.98 Å². The maximum atomic E-state index is 11.7. The third kappa shape index (κ3) is 4.51. The predicted molar refractivity (Wildman–Crippen MR) is 65.3 cm³/mol. The highest BCUT2D eigenvalue weighted by Crippen LogP contribution is 2.19. The lowest BCUT2D eigenvalue weighted by atomic mass is 10.2. The topological polar surface area (TPSA) is 57.7 Å². The van der Waals surface area contributed by atoms with Crippen LogP contribution in [0.3, 0.4) is 0 Å². The minimum atomic E-state index is -0.252. The Morgan fingerprint density at radius 2 is 2.24 bits per heavy atom. The maximum Gasteiger partial charge on any atom is 0.225 e. The Balaban J connectivity index is 2.62. The van der Waals surface area contributed by atoms with E-state index in [1.165, 1.54) is 13.2 Å². The number of carbonyl (C=O) groups excluding carboxylic acids is 1. The minimum absolute atomic E-state index is 0.121. The van der Waals surface area contributed by atoms with E-state index in [0.29, 0.717) is 12.2 Å². The van der Waals surface area contributed by atoms with Crippen molar-refractivity contribution in [2.75, 3.05) is 20.3 Å². The number of halogens is 1. The fourth-order valence-electron chi connectivity index (χ4n) is 1.02. The van der Waals surface area contributed by atoms with Gasteiger partial charge in [-0.15, -0.1) is 0 Å². The summed E-state index contributed by atoms with van der Waals surface area (Å²) in [4.78, 5) is 15.6. The molecule has 0 saturated carbocycles. The summed E-state index contributed by atoms with van der Waals surface area (Å²) in [5, 5.41) is 0.267. The number of Topliss-reactive ketones (excluding diaryl/α,β-unsaturated/α-hetero) is 1. The van der Waals surface area contributed by atoms with Crippen molar-refractivity contribution < 1.29 is 17.9 Å². The van der Waals surface area contributed by atoms with Gasteiger partial charge in [0.15, 0.2) is 18.1 Å². The van der Waals surface area contributed by atoms with Crippen molar-refractivity contribution >= 4 is 29.7 Å². The van der Waals surface area contributed by atoms with E-state index in [9.17, 15) is 4.79 Å². The second-order valence-corrected chi connectivity index (χ2v) is 3.85. The molecule has 5 nitrogen and oxygen atoms in total. The normalized spacial score (nSPS) is 10.3. The first-order valence-corrected chi connectivity index (χ1v) is 5.88. The summed E-state index contributed by atoms with van der Waals surface area (Å²) in [5.74, 6) is -0.0641. The molecule has 1 aromatic rings. The van der Waals surface area contributed by atoms with Gasteiger partial charge < -0.3 is 4.74 Å². The zero-order chi connectivity index (χ0) is 12.7. The molecule has 1 heterocycles. The largest absolute Gasteiger partial charge is 0.480 e. The molecule has 0 aliphatic rings. The highest BCUT2D eigenvalue weighted by molar-refractivity contribution is 7.89. The third-order valence-corrected chi connectivity index (χ3v) is 2.48. The van der Waals surface area contributed by atoms with Crippen molar-refractivity contribution in [3.63, 3.8) is 0 Å². The van der Waals surface area contributed by atoms with Crippen LogP contribution < -0.4 is 4.74 Å². The fourth-order valence-corrected chi connectivity index (χ4v) is 1.48. The average molecular weight is 278 g/mol. The van der Waals surface area contributed by atoms with Crippen molar-refractivity contribution in [1.82, 2.24) is 4.98 Å². The smallest absolute Gasteiger partial charge is 0.225 e. The van der Waals surface area contributed by atoms with Crippen LogP contribution in [0.15, 0.2) is 12.1 Å². The van der Waals surface area contributed by atoms with Crippen LogP contribution in [0.4, 0.5) is 0 Å². The Morgan fingerprint density at radius 3 is 2.88 bits per heavy atom. The molecule has 0 atom stereocenters. The van der Waals surface area contributed by atoms with E-state index in [1.54, 1.807) is 6.07 Å². The number of pyridine rings is 1. The second kappa shape index (κ2) is 7.50. The Morgan fingerprint density at radius 1 is 1.47 bits per heavy atom. The molecule has 94 valence electrons. The zero-order valence-corrected chi connectivity index (χ0v) is 11.0. The lowest BCUT2D eigenvalue weighted by molar-refractivity contribution is 0.0924. The molecule has 1 rings (SSSR count). The summed E-state index contributed by atoms with van der Waals surface area (Å²) >= 11 is 6.47. The van der Waals surface area contributed by atoms with Gasteiger partial charge in [0.25, 0.3) is 0 Å². The molecule has 17 heavy (non-hydrogen) atoms. The average Bonchev–Trinajstić information content (AvgIpc) is 2.34. The van der Waals surface area contributed by atoms with Crippen LogP contribution in [0, 0.1) is 0 Å². The van der Waals surface area contributed by atoms with Gasteiger partial charge in [0, 0.05) is 0 Å². The highest BCUT2D eigenvalue weighted by Gasteiger charge is 2.14. The van der Waals surface area contributed by atoms with Gasteiger partial charge in [0.1, 0.15) is 11.8 Å². The van der Waals surface area contributed by atoms with Crippen LogP contribution in [0.5, 0.6) is 5.88 Å². The van der Waals surface area contributed by atoms with Crippen LogP contribution in [0.25, 0.3) is 0 Å². The summed E-state index contributed by atoms with van der Waals surface area (Å²) in [6.07, 6.45) is 0. The Hall–Kier alpha value is -0.820. The number of rotatable bonds is 7. The number of hydrogen-bond donors (Lipinski definition) is 0. The van der Waals surface area contributed by atoms with Crippen molar-refractivity contribution in [2.45, 2.75) is 6.92 Å². The number of ether oxygens (including phenoxy) is 1. The molecular weight excluding hydrogens is 266 g/mol. The second-order valence-electron chi connectivity index (χ2n) is 2.85. The Bertz CT molecular complexity index is 389. The predicted octanol–water partition coefficient (Wildman–Crippen LogP) is 2.54. The third-order valence-electron chi connectivity index (χ3n) is 1.72. The first-order chi connectivity index (χ1) is 8.19. The molecule has 0 saturated heterocycles. The molecule has 7 heteroatoms. The minimum Gasteiger partial charge on any atom is -0.480 e. The summed E-state index contributed by atoms with van der Waals surface area (Å²) in [7, 11) is 1.42. The van der Waals surface area contributed by atoms with Crippen LogP contribution in [0.2, 0.25) is 5.15 Å². The van der Waals surface area contributed by atoms with E-state index in [0.717, 1.165) is 12.3 Å². The molecule has 0 aliphatic carbocycles. The van der Waals surface area contributed by atoms with Crippen molar-refractivity contribution in [2.24, 2.45) is 0 Å². The summed E-state index contributed by atoms with van der Waals surface area (Å²) in [5.41, 5.74) is 0.328. The van der Waals surface area contributed by atoms with Crippen LogP contribution in [0.1, 0.15) is 17.3 Å². The molecule has 0 unspecified atom stereocenters. The van der Waals surface area contributed by atoms with Gasteiger partial charge in [-0.05, 0) is 19.1 Å². The van der Waals surface area contributed by atoms with Crippen molar-refractivity contribution in [1.29, 1.82) is 0 Å². The van der Waals surface area contributed by atoms with Gasteiger partial charge in [-0.1, -0.05) is 11.6 Å². The molecule has 0 spiro atoms. The monoisotopic (exact) mass is 277 g/mol. The number of hydrogen-bond acceptors (Lipinski definition) is 6. The van der Waals surface area contributed by atoms with Gasteiger partial charge >= 0.3 is 0 Å². The standard InChI is InChI=1S/C10H12ClNO4S/c1-3-15-17-16-6-8(13)7-4-5-9(11)12-10(7)14-2/h4-5H,3,6H2,1-2H3. The molecule has 0 aromatic carbocycles. The number of aromatic nitrogens is 1. The van der Waals surface area contributed by atoms with E-state index >= 15 is 0 Å². The molecular formula is C10H12ClNO4S. The van der Waals surface area contributed by atoms with E-state index in [4.69, 9.17) is 24.7 Å². The zero-order valence-electron chi connectivity index (χ0n) is 9.44. The number of methoxy groups -OCH3 is 1. The summed E-state index contributed by atoms with van der Waals surface area (Å²) in [6.45, 7) is 2.21. The van der Waals surface area contributed by atoms with Gasteiger partial charge in [0.2, 0.25) is 5.88 Å². The van der Waals surface area contributed by atoms with Gasteiger partial charge in [0.05, 0.1) is 19.3 Å². The fraction of sp³-hybridized carbons (Fsp3) is 0.400. The molecule has 0 amide bonds. The van der Waals surface area contributed by atoms with Crippen LogP contribution >= 0.6 is 23.9 Å². The van der Waals surface area contributed by atoms with Crippen LogP contribution in [-0.4, -0.2) is 31.1 Å². The van der Waals surface area contributed by atoms with E-state index < -0.39 is 0 Å². The molecule has 0 fully saturated rings. The Kier molecular flexibility index (Phi) is 6.28. The molecule has 0 radical (unpaired) electrons. The number of nitrogens with zero attached hydrogens (tertiary/aromatic N) is 1. The van der Waals surface area contributed by atoms with Crippen molar-refractivity contribution in [3.05, 3.63) is 22.8 Å². The van der Waals surface area contributed by atoms with Gasteiger partial charge in [-0.3, -0.25) is 13.2 Å². The lowest BCUT2D eigenvalue weighted by Crippen LogP contribution is -2.09.